The van der Waals surface area contributed by atoms with E-state index in [2.05, 4.69) is 217 Å². The minimum Gasteiger partial charge on any atom is -0.264 e. The average molecular weight is 828 g/mol. The summed E-state index contributed by atoms with van der Waals surface area (Å²) in [5, 5.41) is 2.31. The molecule has 0 radical (unpaired) electrons. The minimum atomic E-state index is -0.443. The summed E-state index contributed by atoms with van der Waals surface area (Å²) < 4.78 is 0. The molecule has 12 rings (SSSR count). The molecule has 2 heterocycles. The highest BCUT2D eigenvalue weighted by molar-refractivity contribution is 6.05. The molecule has 0 N–H and O–H groups in total. The molecule has 1 aliphatic rings. The van der Waals surface area contributed by atoms with Gasteiger partial charge in [0.05, 0.1) is 16.8 Å². The smallest absolute Gasteiger partial charge is 0.160 e. The van der Waals surface area contributed by atoms with Crippen LogP contribution in [0.5, 0.6) is 0 Å². The van der Waals surface area contributed by atoms with Crippen LogP contribution >= 0.6 is 0 Å². The summed E-state index contributed by atoms with van der Waals surface area (Å²) in [6.07, 6.45) is 3.70. The third kappa shape index (κ3) is 6.56. The van der Waals surface area contributed by atoms with Crippen LogP contribution in [0.4, 0.5) is 0 Å². The second-order valence-corrected chi connectivity index (χ2v) is 16.7. The van der Waals surface area contributed by atoms with Gasteiger partial charge in [0.2, 0.25) is 0 Å². The van der Waals surface area contributed by atoms with E-state index in [-0.39, 0.29) is 0 Å². The van der Waals surface area contributed by atoms with Gasteiger partial charge in [-0.05, 0) is 96.2 Å². The molecule has 304 valence electrons. The highest BCUT2D eigenvalue weighted by atomic mass is 14.9. The number of hydrogen-bond donors (Lipinski definition) is 0. The van der Waals surface area contributed by atoms with Crippen LogP contribution in [0.15, 0.2) is 249 Å². The molecule has 0 unspecified atom stereocenters. The Labute approximate surface area is 379 Å². The molecule has 3 nitrogen and oxygen atoms in total. The number of fused-ring (bicyclic) bond motifs is 4. The molecule has 3 heteroatoms. The number of rotatable bonds is 8. The van der Waals surface area contributed by atoms with Crippen LogP contribution in [0.25, 0.3) is 89.2 Å². The van der Waals surface area contributed by atoms with Gasteiger partial charge in [0, 0.05) is 34.6 Å². The first kappa shape index (κ1) is 38.2. The zero-order valence-electron chi connectivity index (χ0n) is 35.5. The van der Waals surface area contributed by atoms with E-state index in [9.17, 15) is 0 Å². The third-order valence-electron chi connectivity index (χ3n) is 13.1. The van der Waals surface area contributed by atoms with Gasteiger partial charge in [-0.3, -0.25) is 4.98 Å². The van der Waals surface area contributed by atoms with Crippen LogP contribution in [0, 0.1) is 0 Å². The fourth-order valence-electron chi connectivity index (χ4n) is 10.1. The zero-order chi connectivity index (χ0) is 43.2. The molecule has 11 aromatic rings. The first-order valence-corrected chi connectivity index (χ1v) is 22.2. The molecule has 0 fully saturated rings. The van der Waals surface area contributed by atoms with Gasteiger partial charge in [0.1, 0.15) is 0 Å². The van der Waals surface area contributed by atoms with Gasteiger partial charge in [-0.15, -0.1) is 0 Å². The first-order chi connectivity index (χ1) is 32.2. The summed E-state index contributed by atoms with van der Waals surface area (Å²) in [5.74, 6) is 0.689. The maximum Gasteiger partial charge on any atom is 0.160 e. The van der Waals surface area contributed by atoms with Crippen molar-refractivity contribution in [1.29, 1.82) is 0 Å². The number of aromatic nitrogens is 3. The lowest BCUT2D eigenvalue weighted by Crippen LogP contribution is -2.28. The molecule has 9 aromatic carbocycles. The number of hydrogen-bond acceptors (Lipinski definition) is 3. The van der Waals surface area contributed by atoms with Gasteiger partial charge in [0.15, 0.2) is 5.82 Å². The second kappa shape index (κ2) is 16.0. The molecule has 1 aliphatic carbocycles. The summed E-state index contributed by atoms with van der Waals surface area (Å²) in [7, 11) is 0. The van der Waals surface area contributed by atoms with Crippen LogP contribution in [0.2, 0.25) is 0 Å². The largest absolute Gasteiger partial charge is 0.264 e. The predicted octanol–water partition coefficient (Wildman–Crippen LogP) is 15.4. The highest BCUT2D eigenvalue weighted by Crippen LogP contribution is 2.56. The summed E-state index contributed by atoms with van der Waals surface area (Å²) in [4.78, 5) is 14.8. The van der Waals surface area contributed by atoms with E-state index in [4.69, 9.17) is 9.97 Å². The maximum absolute atomic E-state index is 5.24. The van der Waals surface area contributed by atoms with E-state index in [1.54, 1.807) is 6.20 Å². The molecule has 0 saturated carbocycles. The van der Waals surface area contributed by atoms with Crippen molar-refractivity contribution in [3.63, 3.8) is 0 Å². The number of nitrogens with zero attached hydrogens (tertiary/aromatic N) is 3. The minimum absolute atomic E-state index is 0.443. The van der Waals surface area contributed by atoms with E-state index in [0.717, 1.165) is 50.2 Å². The Hall–Kier alpha value is -8.53. The normalized spacial score (nSPS) is 12.4. The zero-order valence-corrected chi connectivity index (χ0v) is 35.5. The van der Waals surface area contributed by atoms with E-state index >= 15 is 0 Å². The molecular weight excluding hydrogens is 787 g/mol. The fraction of sp³-hybridized carbons (Fsp3) is 0.0161. The molecular formula is C62H41N3. The Balaban J connectivity index is 0.944. The number of benzene rings is 9. The van der Waals surface area contributed by atoms with Crippen molar-refractivity contribution in [1.82, 2.24) is 15.0 Å². The van der Waals surface area contributed by atoms with Gasteiger partial charge in [0.25, 0.3) is 0 Å². The van der Waals surface area contributed by atoms with Crippen LogP contribution < -0.4 is 0 Å². The summed E-state index contributed by atoms with van der Waals surface area (Å²) in [6.45, 7) is 0. The number of pyridine rings is 1. The van der Waals surface area contributed by atoms with Crippen molar-refractivity contribution in [3.05, 3.63) is 271 Å². The first-order valence-electron chi connectivity index (χ1n) is 22.2. The average Bonchev–Trinajstić information content (AvgIpc) is 3.69. The van der Waals surface area contributed by atoms with Gasteiger partial charge in [-0.2, -0.15) is 0 Å². The monoisotopic (exact) mass is 827 g/mol. The van der Waals surface area contributed by atoms with Gasteiger partial charge in [-0.1, -0.05) is 212 Å². The molecule has 0 aliphatic heterocycles. The van der Waals surface area contributed by atoms with Crippen LogP contribution in [0.3, 0.4) is 0 Å². The molecule has 0 saturated heterocycles. The van der Waals surface area contributed by atoms with Crippen molar-refractivity contribution < 1.29 is 0 Å². The Morgan fingerprint density at radius 3 is 1.57 bits per heavy atom. The van der Waals surface area contributed by atoms with Crippen molar-refractivity contribution in [2.24, 2.45) is 0 Å². The Morgan fingerprint density at radius 1 is 0.292 bits per heavy atom. The highest BCUT2D eigenvalue weighted by Gasteiger charge is 2.46. The molecule has 0 atom stereocenters. The lowest BCUT2D eigenvalue weighted by atomic mass is 9.67. The SMILES string of the molecule is c1ccc(-c2nc(-c3cccc(-c4cccnc4)c3)cc(-c3ccc(-c4ccc(-c5ccc6c(c5)C(c5ccccc5)(c5ccccc5)c5ccccc5-6)cc4)c4ccccc34)n2)cc1. The topological polar surface area (TPSA) is 38.7 Å². The second-order valence-electron chi connectivity index (χ2n) is 16.7. The van der Waals surface area contributed by atoms with Crippen LogP contribution in [0.1, 0.15) is 22.3 Å². The summed E-state index contributed by atoms with van der Waals surface area (Å²) >= 11 is 0. The summed E-state index contributed by atoms with van der Waals surface area (Å²) in [5.41, 5.74) is 18.9. The van der Waals surface area contributed by atoms with E-state index in [1.807, 2.05) is 30.5 Å². The molecule has 2 aromatic heterocycles. The van der Waals surface area contributed by atoms with E-state index in [0.29, 0.717) is 5.82 Å². The van der Waals surface area contributed by atoms with E-state index < -0.39 is 5.41 Å². The van der Waals surface area contributed by atoms with Crippen molar-refractivity contribution >= 4 is 10.8 Å². The maximum atomic E-state index is 5.24. The van der Waals surface area contributed by atoms with Crippen molar-refractivity contribution in [3.8, 4) is 78.4 Å². The Bertz CT molecular complexity index is 3470. The quantitative estimate of drug-likeness (QED) is 0.153. The third-order valence-corrected chi connectivity index (χ3v) is 13.1. The lowest BCUT2D eigenvalue weighted by Gasteiger charge is -2.34. The van der Waals surface area contributed by atoms with Crippen LogP contribution in [-0.2, 0) is 5.41 Å². The Morgan fingerprint density at radius 2 is 0.831 bits per heavy atom. The van der Waals surface area contributed by atoms with E-state index in [1.165, 1.54) is 55.5 Å². The van der Waals surface area contributed by atoms with Crippen molar-refractivity contribution in [2.45, 2.75) is 5.41 Å². The molecule has 0 bridgehead atoms. The molecule has 0 amide bonds. The molecule has 0 spiro atoms. The predicted molar refractivity (Wildman–Crippen MR) is 267 cm³/mol. The van der Waals surface area contributed by atoms with Crippen molar-refractivity contribution in [2.75, 3.05) is 0 Å². The van der Waals surface area contributed by atoms with Crippen LogP contribution in [-0.4, -0.2) is 15.0 Å². The Kier molecular flexibility index (Phi) is 9.39. The fourth-order valence-corrected chi connectivity index (χ4v) is 10.1. The standard InChI is InChI=1S/C62H41N3/c1-4-16-44(17-5-1)61-64-59(47-19-14-18-45(38-47)48-20-15-37-63-41-48)40-60(65-61)56-36-35-51(52-25-10-11-26-53(52)56)43-31-29-42(30-32-43)46-33-34-55-54-27-12-13-28-57(54)62(58(55)39-46,49-21-6-2-7-22-49)50-23-8-3-9-24-50/h1-41H. The van der Waals surface area contributed by atoms with Gasteiger partial charge >= 0.3 is 0 Å². The lowest BCUT2D eigenvalue weighted by molar-refractivity contribution is 0.769. The van der Waals surface area contributed by atoms with Gasteiger partial charge < -0.3 is 0 Å². The van der Waals surface area contributed by atoms with Gasteiger partial charge in [-0.25, -0.2) is 9.97 Å². The summed E-state index contributed by atoms with van der Waals surface area (Å²) in [6, 6.07) is 85.2. The molecule has 65 heavy (non-hydrogen) atoms.